The molecule has 1 fully saturated rings. The summed E-state index contributed by atoms with van der Waals surface area (Å²) in [6.45, 7) is 1.87. The minimum absolute atomic E-state index is 0.0313. The molecule has 8 heteroatoms. The van der Waals surface area contributed by atoms with Crippen LogP contribution in [0.3, 0.4) is 0 Å². The molecule has 2 amide bonds. The van der Waals surface area contributed by atoms with E-state index in [1.807, 2.05) is 6.92 Å². The van der Waals surface area contributed by atoms with Gasteiger partial charge in [-0.2, -0.15) is 5.10 Å². The molecule has 1 aromatic heterocycles. The van der Waals surface area contributed by atoms with Gasteiger partial charge in [-0.25, -0.2) is 4.79 Å². The molecule has 1 aliphatic heterocycles. The molecule has 3 atom stereocenters. The molecule has 1 aromatic rings. The number of carboxylic acids is 1. The average Bonchev–Trinajstić information content (AvgIpc) is 2.95. The van der Waals surface area contributed by atoms with Gasteiger partial charge in [-0.1, -0.05) is 13.3 Å². The molecule has 132 valence electrons. The van der Waals surface area contributed by atoms with E-state index >= 15 is 0 Å². The van der Waals surface area contributed by atoms with Crippen LogP contribution in [0.2, 0.25) is 0 Å². The maximum atomic E-state index is 12.7. The molecule has 0 aromatic carbocycles. The molecule has 2 rings (SSSR count). The van der Waals surface area contributed by atoms with Gasteiger partial charge in [0.2, 0.25) is 11.8 Å². The second-order valence-corrected chi connectivity index (χ2v) is 6.23. The molecule has 0 spiro atoms. The van der Waals surface area contributed by atoms with Crippen molar-refractivity contribution in [3.05, 3.63) is 18.0 Å². The van der Waals surface area contributed by atoms with Gasteiger partial charge in [0.25, 0.3) is 0 Å². The summed E-state index contributed by atoms with van der Waals surface area (Å²) in [5.74, 6) is -1.89. The van der Waals surface area contributed by atoms with Crippen LogP contribution in [0, 0.1) is 5.92 Å². The molecule has 0 radical (unpaired) electrons. The lowest BCUT2D eigenvalue weighted by molar-refractivity contribution is -0.146. The van der Waals surface area contributed by atoms with Crippen molar-refractivity contribution < 1.29 is 19.5 Å². The molecular formula is C16H24N4O4. The molecule has 3 unspecified atom stereocenters. The smallest absolute Gasteiger partial charge is 0.326 e. The van der Waals surface area contributed by atoms with E-state index in [4.69, 9.17) is 0 Å². The van der Waals surface area contributed by atoms with E-state index < -0.39 is 24.0 Å². The lowest BCUT2D eigenvalue weighted by atomic mass is 9.85. The first kappa shape index (κ1) is 18.0. The Morgan fingerprint density at radius 1 is 1.46 bits per heavy atom. The number of aromatic nitrogens is 2. The lowest BCUT2D eigenvalue weighted by Gasteiger charge is -2.38. The normalized spacial score (nSPS) is 22.3. The number of likely N-dealkylation sites (tertiary alicyclic amines) is 1. The predicted molar refractivity (Wildman–Crippen MR) is 85.9 cm³/mol. The number of hydrogen-bond acceptors (Lipinski definition) is 4. The highest BCUT2D eigenvalue weighted by Gasteiger charge is 2.40. The predicted octanol–water partition coefficient (Wildman–Crippen LogP) is 0.699. The summed E-state index contributed by atoms with van der Waals surface area (Å²) in [7, 11) is 3.44. The van der Waals surface area contributed by atoms with Crippen molar-refractivity contribution in [2.45, 2.75) is 44.7 Å². The third kappa shape index (κ3) is 3.74. The van der Waals surface area contributed by atoms with Gasteiger partial charge in [-0.3, -0.25) is 14.3 Å². The number of aryl methyl sites for hydroxylation is 1. The Hall–Kier alpha value is -2.38. The van der Waals surface area contributed by atoms with Crippen molar-refractivity contribution in [2.24, 2.45) is 13.0 Å². The first-order valence-electron chi connectivity index (χ1n) is 8.12. The van der Waals surface area contributed by atoms with E-state index in [9.17, 15) is 19.5 Å². The summed E-state index contributed by atoms with van der Waals surface area (Å²) in [5.41, 5.74) is 0.774. The van der Waals surface area contributed by atoms with Crippen molar-refractivity contribution in [3.63, 3.8) is 0 Å². The summed E-state index contributed by atoms with van der Waals surface area (Å²) in [6.07, 6.45) is 5.12. The van der Waals surface area contributed by atoms with Crippen LogP contribution in [-0.2, 0) is 21.4 Å². The number of piperidine rings is 1. The fourth-order valence-electron chi connectivity index (χ4n) is 3.19. The highest BCUT2D eigenvalue weighted by molar-refractivity contribution is 5.88. The maximum Gasteiger partial charge on any atom is 0.326 e. The van der Waals surface area contributed by atoms with E-state index in [0.29, 0.717) is 19.3 Å². The van der Waals surface area contributed by atoms with Crippen LogP contribution >= 0.6 is 0 Å². The Labute approximate surface area is 140 Å². The van der Waals surface area contributed by atoms with Crippen molar-refractivity contribution in [3.8, 4) is 0 Å². The number of nitrogens with zero attached hydrogens (tertiary/aromatic N) is 3. The van der Waals surface area contributed by atoms with E-state index in [-0.39, 0.29) is 18.2 Å². The minimum Gasteiger partial charge on any atom is -0.480 e. The molecule has 1 aliphatic rings. The molecule has 8 nitrogen and oxygen atoms in total. The Morgan fingerprint density at radius 3 is 2.71 bits per heavy atom. The van der Waals surface area contributed by atoms with Crippen LogP contribution < -0.4 is 5.32 Å². The van der Waals surface area contributed by atoms with Crippen LogP contribution in [0.4, 0.5) is 0 Å². The topological polar surface area (TPSA) is 105 Å². The number of carboxylic acid groups (broad SMARTS) is 1. The number of carbonyl (C=O) groups excluding carboxylic acids is 2. The maximum absolute atomic E-state index is 12.7. The second kappa shape index (κ2) is 7.46. The van der Waals surface area contributed by atoms with Crippen molar-refractivity contribution >= 4 is 17.8 Å². The second-order valence-electron chi connectivity index (χ2n) is 6.23. The largest absolute Gasteiger partial charge is 0.480 e. The molecule has 2 N–H and O–H groups in total. The van der Waals surface area contributed by atoms with Crippen LogP contribution in [0.25, 0.3) is 0 Å². The first-order chi connectivity index (χ1) is 11.3. The van der Waals surface area contributed by atoms with Crippen LogP contribution in [0.1, 0.15) is 44.2 Å². The number of rotatable bonds is 6. The molecule has 0 aliphatic carbocycles. The summed E-state index contributed by atoms with van der Waals surface area (Å²) in [4.78, 5) is 37.6. The van der Waals surface area contributed by atoms with Gasteiger partial charge in [-0.05, 0) is 12.8 Å². The molecule has 0 bridgehead atoms. The van der Waals surface area contributed by atoms with Gasteiger partial charge < -0.3 is 15.3 Å². The zero-order chi connectivity index (χ0) is 17.9. The Morgan fingerprint density at radius 2 is 2.17 bits per heavy atom. The van der Waals surface area contributed by atoms with Crippen LogP contribution in [0.15, 0.2) is 12.4 Å². The Bertz CT molecular complexity index is 627. The molecule has 2 heterocycles. The van der Waals surface area contributed by atoms with Crippen molar-refractivity contribution in [1.29, 1.82) is 0 Å². The van der Waals surface area contributed by atoms with Crippen molar-refractivity contribution in [2.75, 3.05) is 7.05 Å². The Kier molecular flexibility index (Phi) is 5.58. The summed E-state index contributed by atoms with van der Waals surface area (Å²) < 4.78 is 1.62. The molecular weight excluding hydrogens is 312 g/mol. The number of aliphatic carboxylic acids is 1. The lowest BCUT2D eigenvalue weighted by Crippen LogP contribution is -2.50. The number of nitrogens with one attached hydrogen (secondary N) is 1. The standard InChI is InChI=1S/C16H24N4O4/c1-4-5-12(16(23)24)18-15(22)11-6-7-13(21)20(3)14(11)10-8-17-19(2)9-10/h8-9,11-12,14H,4-7H2,1-3H3,(H,18,22)(H,23,24). The number of carbonyl (C=O) groups is 3. The average molecular weight is 336 g/mol. The monoisotopic (exact) mass is 336 g/mol. The van der Waals surface area contributed by atoms with Gasteiger partial charge in [0.05, 0.1) is 18.2 Å². The van der Waals surface area contributed by atoms with Crippen LogP contribution in [0.5, 0.6) is 0 Å². The third-order valence-electron chi connectivity index (χ3n) is 4.46. The summed E-state index contributed by atoms with van der Waals surface area (Å²) in [6, 6.07) is -1.34. The number of hydrogen-bond donors (Lipinski definition) is 2. The fraction of sp³-hybridized carbons (Fsp3) is 0.625. The highest BCUT2D eigenvalue weighted by atomic mass is 16.4. The minimum atomic E-state index is -1.04. The van der Waals surface area contributed by atoms with Gasteiger partial charge in [0.15, 0.2) is 0 Å². The van der Waals surface area contributed by atoms with E-state index in [0.717, 1.165) is 5.56 Å². The van der Waals surface area contributed by atoms with Gasteiger partial charge in [0, 0.05) is 32.3 Å². The van der Waals surface area contributed by atoms with Crippen LogP contribution in [-0.4, -0.2) is 50.7 Å². The summed E-state index contributed by atoms with van der Waals surface area (Å²) >= 11 is 0. The molecule has 0 saturated carbocycles. The quantitative estimate of drug-likeness (QED) is 0.796. The number of amides is 2. The fourth-order valence-corrected chi connectivity index (χ4v) is 3.19. The van der Waals surface area contributed by atoms with Crippen molar-refractivity contribution in [1.82, 2.24) is 20.0 Å². The third-order valence-corrected chi connectivity index (χ3v) is 4.46. The molecule has 1 saturated heterocycles. The van der Waals surface area contributed by atoms with E-state index in [1.165, 1.54) is 0 Å². The molecule has 24 heavy (non-hydrogen) atoms. The van der Waals surface area contributed by atoms with E-state index in [2.05, 4.69) is 10.4 Å². The zero-order valence-electron chi connectivity index (χ0n) is 14.2. The first-order valence-corrected chi connectivity index (χ1v) is 8.12. The SMILES string of the molecule is CCCC(NC(=O)C1CCC(=O)N(C)C1c1cnn(C)c1)C(=O)O. The van der Waals surface area contributed by atoms with Gasteiger partial charge in [0.1, 0.15) is 6.04 Å². The Balaban J connectivity index is 2.23. The van der Waals surface area contributed by atoms with E-state index in [1.54, 1.807) is 36.1 Å². The van der Waals surface area contributed by atoms with Gasteiger partial charge in [-0.15, -0.1) is 0 Å². The highest BCUT2D eigenvalue weighted by Crippen LogP contribution is 2.35. The summed E-state index contributed by atoms with van der Waals surface area (Å²) in [5, 5.41) is 16.0. The van der Waals surface area contributed by atoms with Gasteiger partial charge >= 0.3 is 5.97 Å². The zero-order valence-corrected chi connectivity index (χ0v) is 14.2.